The number of hydrogen-bond donors (Lipinski definition) is 3. The SMILES string of the molecule is CNC(=O)CNCC(O)c1ccccc1Cl. The number of benzene rings is 1. The Bertz CT molecular complexity index is 358. The van der Waals surface area contributed by atoms with E-state index in [1.165, 1.54) is 0 Å². The summed E-state index contributed by atoms with van der Waals surface area (Å²) < 4.78 is 0. The maximum absolute atomic E-state index is 10.9. The summed E-state index contributed by atoms with van der Waals surface area (Å²) in [7, 11) is 1.56. The maximum Gasteiger partial charge on any atom is 0.233 e. The molecule has 0 spiro atoms. The van der Waals surface area contributed by atoms with Crippen molar-refractivity contribution < 1.29 is 9.90 Å². The summed E-state index contributed by atoms with van der Waals surface area (Å²) in [6, 6.07) is 7.09. The summed E-state index contributed by atoms with van der Waals surface area (Å²) in [4.78, 5) is 10.9. The third kappa shape index (κ3) is 3.81. The lowest BCUT2D eigenvalue weighted by Crippen LogP contribution is -2.33. The molecule has 1 amide bonds. The molecule has 16 heavy (non-hydrogen) atoms. The smallest absolute Gasteiger partial charge is 0.233 e. The second-order valence-corrected chi connectivity index (χ2v) is 3.75. The molecule has 1 unspecified atom stereocenters. The molecule has 4 nitrogen and oxygen atoms in total. The molecule has 0 fully saturated rings. The highest BCUT2D eigenvalue weighted by Crippen LogP contribution is 2.21. The third-order valence-corrected chi connectivity index (χ3v) is 2.51. The molecule has 0 aliphatic carbocycles. The van der Waals surface area contributed by atoms with Gasteiger partial charge in [-0.15, -0.1) is 0 Å². The van der Waals surface area contributed by atoms with E-state index < -0.39 is 6.10 Å². The molecule has 1 atom stereocenters. The normalized spacial score (nSPS) is 12.2. The largest absolute Gasteiger partial charge is 0.387 e. The van der Waals surface area contributed by atoms with Gasteiger partial charge in [-0.05, 0) is 6.07 Å². The topological polar surface area (TPSA) is 61.4 Å². The monoisotopic (exact) mass is 242 g/mol. The van der Waals surface area contributed by atoms with E-state index in [9.17, 15) is 9.90 Å². The summed E-state index contributed by atoms with van der Waals surface area (Å²) in [5.74, 6) is -0.119. The molecule has 0 aromatic heterocycles. The van der Waals surface area contributed by atoms with Gasteiger partial charge in [-0.3, -0.25) is 4.79 Å². The Morgan fingerprint density at radius 1 is 1.50 bits per heavy atom. The highest BCUT2D eigenvalue weighted by atomic mass is 35.5. The van der Waals surface area contributed by atoms with Gasteiger partial charge in [0.1, 0.15) is 0 Å². The van der Waals surface area contributed by atoms with Gasteiger partial charge in [0.05, 0.1) is 12.6 Å². The molecule has 1 aromatic rings. The summed E-state index contributed by atoms with van der Waals surface area (Å²) in [6.45, 7) is 0.467. The van der Waals surface area contributed by atoms with Crippen LogP contribution in [0.1, 0.15) is 11.7 Å². The van der Waals surface area contributed by atoms with Gasteiger partial charge in [-0.1, -0.05) is 29.8 Å². The van der Waals surface area contributed by atoms with Crippen molar-refractivity contribution in [1.82, 2.24) is 10.6 Å². The fraction of sp³-hybridized carbons (Fsp3) is 0.364. The molecule has 1 rings (SSSR count). The summed E-state index contributed by atoms with van der Waals surface area (Å²) in [6.07, 6.45) is -0.710. The Labute approximate surface area is 99.6 Å². The number of aliphatic hydroxyl groups excluding tert-OH is 1. The first-order valence-corrected chi connectivity index (χ1v) is 5.36. The number of nitrogens with one attached hydrogen (secondary N) is 2. The van der Waals surface area contributed by atoms with Crippen LogP contribution < -0.4 is 10.6 Å². The molecule has 0 aliphatic heterocycles. The zero-order chi connectivity index (χ0) is 12.0. The van der Waals surface area contributed by atoms with Crippen molar-refractivity contribution in [3.8, 4) is 0 Å². The van der Waals surface area contributed by atoms with E-state index in [0.29, 0.717) is 10.6 Å². The van der Waals surface area contributed by atoms with E-state index in [1.54, 1.807) is 25.2 Å². The first-order chi connectivity index (χ1) is 7.65. The van der Waals surface area contributed by atoms with Crippen LogP contribution in [0.15, 0.2) is 24.3 Å². The first-order valence-electron chi connectivity index (χ1n) is 4.99. The highest BCUT2D eigenvalue weighted by molar-refractivity contribution is 6.31. The molecule has 5 heteroatoms. The highest BCUT2D eigenvalue weighted by Gasteiger charge is 2.10. The van der Waals surface area contributed by atoms with Gasteiger partial charge in [-0.2, -0.15) is 0 Å². The van der Waals surface area contributed by atoms with Crippen molar-refractivity contribution in [3.63, 3.8) is 0 Å². The number of hydrogen-bond acceptors (Lipinski definition) is 3. The number of carbonyl (C=O) groups is 1. The maximum atomic E-state index is 10.9. The average Bonchev–Trinajstić information content (AvgIpc) is 2.29. The molecule has 0 heterocycles. The van der Waals surface area contributed by atoms with Crippen molar-refractivity contribution in [3.05, 3.63) is 34.9 Å². The Morgan fingerprint density at radius 3 is 2.81 bits per heavy atom. The summed E-state index contributed by atoms with van der Waals surface area (Å²) in [5, 5.41) is 15.7. The molecule has 0 bridgehead atoms. The quantitative estimate of drug-likeness (QED) is 0.713. The molecule has 0 aliphatic rings. The van der Waals surface area contributed by atoms with Gasteiger partial charge >= 0.3 is 0 Å². The first kappa shape index (κ1) is 13.0. The minimum Gasteiger partial charge on any atom is -0.387 e. The molecule has 0 radical (unpaired) electrons. The standard InChI is InChI=1S/C11H15ClN2O2/c1-13-11(16)7-14-6-10(15)8-4-2-3-5-9(8)12/h2-5,10,14-15H,6-7H2,1H3,(H,13,16). The van der Waals surface area contributed by atoms with Crippen LogP contribution in [0.4, 0.5) is 0 Å². The Morgan fingerprint density at radius 2 is 2.19 bits per heavy atom. The van der Waals surface area contributed by atoms with Crippen LogP contribution in [0.25, 0.3) is 0 Å². The number of amides is 1. The molecule has 88 valence electrons. The summed E-state index contributed by atoms with van der Waals surface area (Å²) in [5.41, 5.74) is 0.661. The molecular formula is C11H15ClN2O2. The molecule has 1 aromatic carbocycles. The Balaban J connectivity index is 2.44. The fourth-order valence-corrected chi connectivity index (χ4v) is 1.53. The Kier molecular flexibility index (Phi) is 5.25. The predicted molar refractivity (Wildman–Crippen MR) is 63.3 cm³/mol. The van der Waals surface area contributed by atoms with Crippen molar-refractivity contribution >= 4 is 17.5 Å². The number of halogens is 1. The van der Waals surface area contributed by atoms with Gasteiger partial charge in [-0.25, -0.2) is 0 Å². The molecule has 3 N–H and O–H groups in total. The number of carbonyl (C=O) groups excluding carboxylic acids is 1. The third-order valence-electron chi connectivity index (χ3n) is 2.17. The Hall–Kier alpha value is -1.10. The van der Waals surface area contributed by atoms with Crippen LogP contribution in [0.3, 0.4) is 0 Å². The molecule has 0 saturated carbocycles. The molecule has 0 saturated heterocycles. The summed E-state index contributed by atoms with van der Waals surface area (Å²) >= 11 is 5.92. The van der Waals surface area contributed by atoms with Crippen molar-refractivity contribution in [2.24, 2.45) is 0 Å². The second kappa shape index (κ2) is 6.48. The lowest BCUT2D eigenvalue weighted by molar-refractivity contribution is -0.119. The minimum atomic E-state index is -0.710. The van der Waals surface area contributed by atoms with Gasteiger partial charge in [0.25, 0.3) is 0 Å². The van der Waals surface area contributed by atoms with Crippen molar-refractivity contribution in [1.29, 1.82) is 0 Å². The van der Waals surface area contributed by atoms with Crippen molar-refractivity contribution in [2.45, 2.75) is 6.10 Å². The fourth-order valence-electron chi connectivity index (χ4n) is 1.27. The van der Waals surface area contributed by atoms with E-state index in [-0.39, 0.29) is 19.0 Å². The van der Waals surface area contributed by atoms with Crippen LogP contribution in [-0.4, -0.2) is 31.2 Å². The lowest BCUT2D eigenvalue weighted by Gasteiger charge is -2.13. The van der Waals surface area contributed by atoms with E-state index in [4.69, 9.17) is 11.6 Å². The van der Waals surface area contributed by atoms with Crippen molar-refractivity contribution in [2.75, 3.05) is 20.1 Å². The van der Waals surface area contributed by atoms with E-state index >= 15 is 0 Å². The number of likely N-dealkylation sites (N-methyl/N-ethyl adjacent to an activating group) is 1. The van der Waals surface area contributed by atoms with Crippen LogP contribution in [0.5, 0.6) is 0 Å². The number of rotatable bonds is 5. The van der Waals surface area contributed by atoms with E-state index in [2.05, 4.69) is 10.6 Å². The van der Waals surface area contributed by atoms with Gasteiger partial charge < -0.3 is 15.7 Å². The predicted octanol–water partition coefficient (Wildman–Crippen LogP) is 0.709. The minimum absolute atomic E-state index is 0.119. The van der Waals surface area contributed by atoms with Crippen LogP contribution in [0.2, 0.25) is 5.02 Å². The van der Waals surface area contributed by atoms with Crippen LogP contribution >= 0.6 is 11.6 Å². The zero-order valence-electron chi connectivity index (χ0n) is 9.03. The van der Waals surface area contributed by atoms with Crippen LogP contribution in [0, 0.1) is 0 Å². The van der Waals surface area contributed by atoms with Gasteiger partial charge in [0.15, 0.2) is 0 Å². The second-order valence-electron chi connectivity index (χ2n) is 3.34. The average molecular weight is 243 g/mol. The zero-order valence-corrected chi connectivity index (χ0v) is 9.79. The van der Waals surface area contributed by atoms with E-state index in [0.717, 1.165) is 0 Å². The van der Waals surface area contributed by atoms with Gasteiger partial charge in [0, 0.05) is 24.2 Å². The van der Waals surface area contributed by atoms with Crippen LogP contribution in [-0.2, 0) is 4.79 Å². The van der Waals surface area contributed by atoms with E-state index in [1.807, 2.05) is 6.07 Å². The lowest BCUT2D eigenvalue weighted by atomic mass is 10.1. The van der Waals surface area contributed by atoms with Gasteiger partial charge in [0.2, 0.25) is 5.91 Å². The molecular weight excluding hydrogens is 228 g/mol. The number of aliphatic hydroxyl groups is 1.